The van der Waals surface area contributed by atoms with Crippen LogP contribution in [0.25, 0.3) is 0 Å². The molecule has 0 atom stereocenters. The van der Waals surface area contributed by atoms with Crippen molar-refractivity contribution in [2.45, 2.75) is 6.42 Å². The van der Waals surface area contributed by atoms with E-state index in [9.17, 15) is 14.9 Å². The Balaban J connectivity index is 2.12. The summed E-state index contributed by atoms with van der Waals surface area (Å²) in [7, 11) is 5.85. The lowest BCUT2D eigenvalue weighted by atomic mass is 10.1. The Morgan fingerprint density at radius 2 is 1.50 bits per heavy atom. The van der Waals surface area contributed by atoms with Gasteiger partial charge in [0, 0.05) is 17.7 Å². The molecular formula is C19H22N2O7. The van der Waals surface area contributed by atoms with Crippen LogP contribution in [-0.2, 0) is 6.42 Å². The Kier molecular flexibility index (Phi) is 7.02. The summed E-state index contributed by atoms with van der Waals surface area (Å²) in [5, 5.41) is 14.1. The van der Waals surface area contributed by atoms with Crippen molar-refractivity contribution in [1.29, 1.82) is 0 Å². The highest BCUT2D eigenvalue weighted by Crippen LogP contribution is 2.34. The van der Waals surface area contributed by atoms with Gasteiger partial charge in [-0.15, -0.1) is 0 Å². The van der Waals surface area contributed by atoms with Crippen molar-refractivity contribution < 1.29 is 28.7 Å². The van der Waals surface area contributed by atoms with Crippen LogP contribution < -0.4 is 24.3 Å². The predicted octanol–water partition coefficient (Wildman–Crippen LogP) is 2.60. The first-order chi connectivity index (χ1) is 13.4. The molecule has 0 spiro atoms. The van der Waals surface area contributed by atoms with Crippen molar-refractivity contribution in [3.05, 3.63) is 51.6 Å². The largest absolute Gasteiger partial charge is 0.493 e. The number of nitrogens with zero attached hydrogens (tertiary/aromatic N) is 1. The Bertz CT molecular complexity index is 868. The fourth-order valence-corrected chi connectivity index (χ4v) is 2.67. The molecule has 1 N–H and O–H groups in total. The van der Waals surface area contributed by atoms with Crippen LogP contribution in [0.2, 0.25) is 0 Å². The number of hydrogen-bond acceptors (Lipinski definition) is 7. The minimum absolute atomic E-state index is 0.0991. The summed E-state index contributed by atoms with van der Waals surface area (Å²) < 4.78 is 20.6. The number of methoxy groups -OCH3 is 4. The quantitative estimate of drug-likeness (QED) is 0.518. The normalized spacial score (nSPS) is 10.1. The summed E-state index contributed by atoms with van der Waals surface area (Å²) in [5.41, 5.74) is 0.715. The zero-order valence-corrected chi connectivity index (χ0v) is 16.1. The van der Waals surface area contributed by atoms with Gasteiger partial charge in [-0.25, -0.2) is 0 Å². The van der Waals surface area contributed by atoms with Crippen LogP contribution in [0.4, 0.5) is 5.69 Å². The van der Waals surface area contributed by atoms with Gasteiger partial charge < -0.3 is 24.3 Å². The van der Waals surface area contributed by atoms with E-state index in [1.165, 1.54) is 34.5 Å². The zero-order chi connectivity index (χ0) is 20.7. The third-order valence-corrected chi connectivity index (χ3v) is 4.11. The number of amides is 1. The second-order valence-corrected chi connectivity index (χ2v) is 5.67. The van der Waals surface area contributed by atoms with Gasteiger partial charge >= 0.3 is 0 Å². The van der Waals surface area contributed by atoms with Gasteiger partial charge in [-0.05, 0) is 30.7 Å². The van der Waals surface area contributed by atoms with Crippen molar-refractivity contribution >= 4 is 11.6 Å². The van der Waals surface area contributed by atoms with E-state index >= 15 is 0 Å². The molecule has 0 saturated carbocycles. The minimum Gasteiger partial charge on any atom is -0.493 e. The summed E-state index contributed by atoms with van der Waals surface area (Å²) in [6.07, 6.45) is 0.246. The molecular weight excluding hydrogens is 368 g/mol. The minimum atomic E-state index is -0.493. The van der Waals surface area contributed by atoms with Gasteiger partial charge in [0.2, 0.25) is 0 Å². The van der Waals surface area contributed by atoms with Gasteiger partial charge in [0.15, 0.2) is 23.0 Å². The summed E-state index contributed by atoms with van der Waals surface area (Å²) in [6, 6.07) is 7.65. The molecule has 0 unspecified atom stereocenters. The van der Waals surface area contributed by atoms with Crippen molar-refractivity contribution in [3.63, 3.8) is 0 Å². The fraction of sp³-hybridized carbons (Fsp3) is 0.316. The molecule has 0 aliphatic carbocycles. The van der Waals surface area contributed by atoms with E-state index in [-0.39, 0.29) is 30.3 Å². The van der Waals surface area contributed by atoms with E-state index in [2.05, 4.69) is 5.32 Å². The van der Waals surface area contributed by atoms with E-state index < -0.39 is 4.92 Å². The lowest BCUT2D eigenvalue weighted by molar-refractivity contribution is -0.385. The maximum atomic E-state index is 12.4. The number of nitro benzene ring substituents is 1. The first-order valence-corrected chi connectivity index (χ1v) is 8.34. The van der Waals surface area contributed by atoms with Crippen LogP contribution in [0, 0.1) is 10.1 Å². The predicted molar refractivity (Wildman–Crippen MR) is 102 cm³/mol. The molecule has 0 aromatic heterocycles. The van der Waals surface area contributed by atoms with Crippen LogP contribution >= 0.6 is 0 Å². The van der Waals surface area contributed by atoms with Crippen molar-refractivity contribution in [3.8, 4) is 23.0 Å². The van der Waals surface area contributed by atoms with Crippen LogP contribution in [0.3, 0.4) is 0 Å². The van der Waals surface area contributed by atoms with Gasteiger partial charge in [0.25, 0.3) is 11.6 Å². The van der Waals surface area contributed by atoms with Crippen LogP contribution in [0.15, 0.2) is 30.3 Å². The Morgan fingerprint density at radius 3 is 2.07 bits per heavy atom. The molecule has 9 nitrogen and oxygen atoms in total. The second-order valence-electron chi connectivity index (χ2n) is 5.67. The smallest absolute Gasteiger partial charge is 0.276 e. The SMILES string of the molecule is COc1ccc(C(=O)NCCc2cc(OC)c(OC)cc2[N+](=O)[O-])cc1OC. The Hall–Kier alpha value is -3.49. The number of nitrogens with one attached hydrogen (secondary N) is 1. The molecule has 2 aromatic rings. The molecule has 2 rings (SSSR count). The van der Waals surface area contributed by atoms with E-state index in [1.54, 1.807) is 24.3 Å². The van der Waals surface area contributed by atoms with Gasteiger partial charge in [0.1, 0.15) is 0 Å². The fourth-order valence-electron chi connectivity index (χ4n) is 2.67. The number of rotatable bonds is 9. The number of hydrogen-bond donors (Lipinski definition) is 1. The van der Waals surface area contributed by atoms with E-state index in [0.717, 1.165) is 0 Å². The standard InChI is InChI=1S/C19H22N2O7/c1-25-15-6-5-13(10-16(15)26-2)19(22)20-8-7-12-9-17(27-3)18(28-4)11-14(12)21(23)24/h5-6,9-11H,7-8H2,1-4H3,(H,20,22). The third kappa shape index (κ3) is 4.61. The van der Waals surface area contributed by atoms with Crippen LogP contribution in [0.5, 0.6) is 23.0 Å². The first-order valence-electron chi connectivity index (χ1n) is 8.34. The average Bonchev–Trinajstić information content (AvgIpc) is 2.72. The molecule has 150 valence electrons. The van der Waals surface area contributed by atoms with Crippen molar-refractivity contribution in [2.24, 2.45) is 0 Å². The molecule has 0 radical (unpaired) electrons. The molecule has 0 bridgehead atoms. The van der Waals surface area contributed by atoms with Crippen LogP contribution in [0.1, 0.15) is 15.9 Å². The van der Waals surface area contributed by atoms with Gasteiger partial charge in [-0.2, -0.15) is 0 Å². The molecule has 9 heteroatoms. The monoisotopic (exact) mass is 390 g/mol. The molecule has 1 amide bonds. The molecule has 28 heavy (non-hydrogen) atoms. The van der Waals surface area contributed by atoms with Crippen molar-refractivity contribution in [2.75, 3.05) is 35.0 Å². The van der Waals surface area contributed by atoms with Crippen molar-refractivity contribution in [1.82, 2.24) is 5.32 Å². The van der Waals surface area contributed by atoms with Crippen LogP contribution in [-0.4, -0.2) is 45.8 Å². The molecule has 0 aliphatic rings. The molecule has 0 fully saturated rings. The lowest BCUT2D eigenvalue weighted by Crippen LogP contribution is -2.25. The van der Waals surface area contributed by atoms with E-state index in [1.807, 2.05) is 0 Å². The number of benzene rings is 2. The highest BCUT2D eigenvalue weighted by Gasteiger charge is 2.19. The second kappa shape index (κ2) is 9.45. The maximum absolute atomic E-state index is 12.4. The Labute approximate surface area is 162 Å². The topological polar surface area (TPSA) is 109 Å². The van der Waals surface area contributed by atoms with Gasteiger partial charge in [-0.1, -0.05) is 0 Å². The Morgan fingerprint density at radius 1 is 0.929 bits per heavy atom. The molecule has 0 aliphatic heterocycles. The van der Waals surface area contributed by atoms with Gasteiger partial charge in [0.05, 0.1) is 39.4 Å². The zero-order valence-electron chi connectivity index (χ0n) is 16.1. The van der Waals surface area contributed by atoms with E-state index in [0.29, 0.717) is 28.4 Å². The number of carbonyl (C=O) groups is 1. The maximum Gasteiger partial charge on any atom is 0.276 e. The average molecular weight is 390 g/mol. The third-order valence-electron chi connectivity index (χ3n) is 4.11. The highest BCUT2D eigenvalue weighted by atomic mass is 16.6. The summed E-state index contributed by atoms with van der Waals surface area (Å²) in [6.45, 7) is 0.198. The molecule has 0 heterocycles. The van der Waals surface area contributed by atoms with Gasteiger partial charge in [-0.3, -0.25) is 14.9 Å². The number of ether oxygens (including phenoxy) is 4. The summed E-state index contributed by atoms with van der Waals surface area (Å²) >= 11 is 0. The van der Waals surface area contributed by atoms with E-state index in [4.69, 9.17) is 18.9 Å². The number of nitro groups is 1. The number of carbonyl (C=O) groups excluding carboxylic acids is 1. The highest BCUT2D eigenvalue weighted by molar-refractivity contribution is 5.94. The molecule has 0 saturated heterocycles. The summed E-state index contributed by atoms with van der Waals surface area (Å²) in [4.78, 5) is 23.2. The summed E-state index contributed by atoms with van der Waals surface area (Å²) in [5.74, 6) is 1.27. The lowest BCUT2D eigenvalue weighted by Gasteiger charge is -2.12. The molecule has 2 aromatic carbocycles. The first kappa shape index (κ1) is 20.8.